The first-order valence-electron chi connectivity index (χ1n) is 15.1. The lowest BCUT2D eigenvalue weighted by Crippen LogP contribution is -2.39. The lowest BCUT2D eigenvalue weighted by molar-refractivity contribution is 0.0935. The van der Waals surface area contributed by atoms with Crippen LogP contribution in [0.1, 0.15) is 82.5 Å². The number of oxazole rings is 1. The highest BCUT2D eigenvalue weighted by atomic mass is 19.1. The number of nitrogens with one attached hydrogen (secondary N) is 1. The fourth-order valence-corrected chi connectivity index (χ4v) is 6.49. The molecule has 0 spiro atoms. The van der Waals surface area contributed by atoms with Crippen molar-refractivity contribution < 1.29 is 22.8 Å². The SMILES string of the molecule is CC(C)Cc1nc2c(c(-c3ccc4c(c3)oc(=O)n4C(C)c3ccc(C#N)cc3F)c1C(N)=O)C(=O)NC2(C)Cc1ccc(F)cc1. The number of pyridine rings is 1. The van der Waals surface area contributed by atoms with Gasteiger partial charge in [0.15, 0.2) is 5.58 Å². The predicted molar refractivity (Wildman–Crippen MR) is 171 cm³/mol. The van der Waals surface area contributed by atoms with E-state index in [9.17, 15) is 23.2 Å². The van der Waals surface area contributed by atoms with Crippen molar-refractivity contribution in [1.29, 1.82) is 5.26 Å². The summed E-state index contributed by atoms with van der Waals surface area (Å²) >= 11 is 0. The molecule has 2 atom stereocenters. The maximum atomic E-state index is 14.9. The summed E-state index contributed by atoms with van der Waals surface area (Å²) in [5, 5.41) is 12.1. The van der Waals surface area contributed by atoms with Gasteiger partial charge in [-0.05, 0) is 73.7 Å². The standard InChI is InChI=1S/C36H31F2N5O4/c1-18(2)13-26-30(33(40)44)29(31-32(41-26)36(4,42-34(31)45)16-20-5-9-23(37)10-6-20)22-8-12-27-28(15-22)47-35(46)43(27)19(3)24-11-7-21(17-39)14-25(24)38/h5-12,14-15,18-19H,13,16H2,1-4H3,(H2,40,44)(H,42,45). The Labute approximate surface area is 268 Å². The molecule has 47 heavy (non-hydrogen) atoms. The molecule has 2 amide bonds. The van der Waals surface area contributed by atoms with Gasteiger partial charge in [0.1, 0.15) is 11.6 Å². The van der Waals surface area contributed by atoms with E-state index in [1.165, 1.54) is 28.8 Å². The van der Waals surface area contributed by atoms with Crippen molar-refractivity contribution in [2.75, 3.05) is 0 Å². The minimum absolute atomic E-state index is 0.0820. The van der Waals surface area contributed by atoms with E-state index in [1.54, 1.807) is 37.3 Å². The van der Waals surface area contributed by atoms with Crippen LogP contribution in [0, 0.1) is 28.9 Å². The average molecular weight is 636 g/mol. The normalized spacial score (nSPS) is 16.3. The third-order valence-corrected chi connectivity index (χ3v) is 8.60. The van der Waals surface area contributed by atoms with Crippen molar-refractivity contribution >= 4 is 22.9 Å². The van der Waals surface area contributed by atoms with Gasteiger partial charge in [0.2, 0.25) is 0 Å². The molecule has 6 rings (SSSR count). The zero-order valence-electron chi connectivity index (χ0n) is 26.2. The molecule has 0 aliphatic carbocycles. The number of hydrogen-bond acceptors (Lipinski definition) is 6. The first-order valence-corrected chi connectivity index (χ1v) is 15.1. The Balaban J connectivity index is 1.55. The van der Waals surface area contributed by atoms with E-state index in [0.717, 1.165) is 11.6 Å². The summed E-state index contributed by atoms with van der Waals surface area (Å²) in [6, 6.07) is 15.9. The zero-order chi connectivity index (χ0) is 33.8. The monoisotopic (exact) mass is 635 g/mol. The van der Waals surface area contributed by atoms with Crippen molar-refractivity contribution in [1.82, 2.24) is 14.9 Å². The molecule has 0 fully saturated rings. The lowest BCUT2D eigenvalue weighted by atomic mass is 9.84. The van der Waals surface area contributed by atoms with Gasteiger partial charge in [-0.2, -0.15) is 5.26 Å². The van der Waals surface area contributed by atoms with E-state index < -0.39 is 35.0 Å². The second-order valence-electron chi connectivity index (χ2n) is 12.5. The van der Waals surface area contributed by atoms with Crippen LogP contribution in [0.2, 0.25) is 0 Å². The Morgan fingerprint density at radius 1 is 1.06 bits per heavy atom. The molecule has 3 N–H and O–H groups in total. The topological polar surface area (TPSA) is 144 Å². The number of amides is 2. The minimum atomic E-state index is -0.999. The van der Waals surface area contributed by atoms with Gasteiger partial charge >= 0.3 is 5.76 Å². The number of primary amides is 1. The molecule has 1 aliphatic rings. The van der Waals surface area contributed by atoms with Gasteiger partial charge in [0, 0.05) is 17.5 Å². The predicted octanol–water partition coefficient (Wildman–Crippen LogP) is 5.91. The first kappa shape index (κ1) is 31.4. The van der Waals surface area contributed by atoms with Crippen molar-refractivity contribution in [3.8, 4) is 17.2 Å². The number of carbonyl (C=O) groups is 2. The maximum Gasteiger partial charge on any atom is 0.420 e. The van der Waals surface area contributed by atoms with E-state index in [0.29, 0.717) is 35.3 Å². The number of nitrogens with two attached hydrogens (primary N) is 1. The number of rotatable bonds is 8. The number of carbonyl (C=O) groups excluding carboxylic acids is 2. The van der Waals surface area contributed by atoms with Crippen LogP contribution in [-0.2, 0) is 18.4 Å². The van der Waals surface area contributed by atoms with E-state index in [1.807, 2.05) is 26.8 Å². The zero-order valence-corrected chi connectivity index (χ0v) is 26.2. The van der Waals surface area contributed by atoms with Gasteiger partial charge in [-0.25, -0.2) is 13.6 Å². The molecule has 1 aliphatic heterocycles. The second kappa shape index (κ2) is 11.6. The average Bonchev–Trinajstić information content (AvgIpc) is 3.47. The van der Waals surface area contributed by atoms with Crippen LogP contribution in [-0.4, -0.2) is 21.4 Å². The van der Waals surface area contributed by atoms with Crippen molar-refractivity contribution in [2.24, 2.45) is 11.7 Å². The van der Waals surface area contributed by atoms with Crippen molar-refractivity contribution in [3.63, 3.8) is 0 Å². The third-order valence-electron chi connectivity index (χ3n) is 8.60. The van der Waals surface area contributed by atoms with Gasteiger partial charge < -0.3 is 15.5 Å². The molecule has 2 aromatic heterocycles. The molecule has 3 heterocycles. The molecule has 0 saturated heterocycles. The maximum absolute atomic E-state index is 14.9. The van der Waals surface area contributed by atoms with Gasteiger partial charge in [0.25, 0.3) is 11.8 Å². The van der Waals surface area contributed by atoms with Crippen molar-refractivity contribution in [3.05, 3.63) is 122 Å². The van der Waals surface area contributed by atoms with Crippen LogP contribution in [0.25, 0.3) is 22.2 Å². The van der Waals surface area contributed by atoms with Crippen LogP contribution in [0.5, 0.6) is 0 Å². The molecule has 9 nitrogen and oxygen atoms in total. The van der Waals surface area contributed by atoms with Gasteiger partial charge in [-0.1, -0.05) is 38.1 Å². The second-order valence-corrected chi connectivity index (χ2v) is 12.5. The summed E-state index contributed by atoms with van der Waals surface area (Å²) in [6.07, 6.45) is 0.691. The molecule has 0 radical (unpaired) electrons. The number of nitriles is 1. The van der Waals surface area contributed by atoms with Gasteiger partial charge in [-0.15, -0.1) is 0 Å². The Morgan fingerprint density at radius 3 is 2.43 bits per heavy atom. The smallest absolute Gasteiger partial charge is 0.408 e. The summed E-state index contributed by atoms with van der Waals surface area (Å²) in [7, 11) is 0. The molecule has 11 heteroatoms. The highest BCUT2D eigenvalue weighted by Crippen LogP contribution is 2.42. The first-order chi connectivity index (χ1) is 22.3. The Hall–Kier alpha value is -5.63. The quantitative estimate of drug-likeness (QED) is 0.217. The third kappa shape index (κ3) is 5.46. The summed E-state index contributed by atoms with van der Waals surface area (Å²) < 4.78 is 35.5. The van der Waals surface area contributed by atoms with Crippen LogP contribution >= 0.6 is 0 Å². The Kier molecular flexibility index (Phi) is 7.76. The van der Waals surface area contributed by atoms with Gasteiger partial charge in [-0.3, -0.25) is 19.1 Å². The number of benzene rings is 3. The molecule has 0 bridgehead atoms. The molecule has 238 valence electrons. The molecular weight excluding hydrogens is 604 g/mol. The summed E-state index contributed by atoms with van der Waals surface area (Å²) in [5.41, 5.74) is 8.36. The fourth-order valence-electron chi connectivity index (χ4n) is 6.49. The Morgan fingerprint density at radius 2 is 1.79 bits per heavy atom. The fraction of sp³-hybridized carbons (Fsp3) is 0.250. The summed E-state index contributed by atoms with van der Waals surface area (Å²) in [6.45, 7) is 7.41. The molecular formula is C36H31F2N5O4. The van der Waals surface area contributed by atoms with Gasteiger partial charge in [0.05, 0.1) is 51.2 Å². The highest BCUT2D eigenvalue weighted by molar-refractivity contribution is 6.12. The summed E-state index contributed by atoms with van der Waals surface area (Å²) in [5.74, 6) is -2.91. The van der Waals surface area contributed by atoms with E-state index >= 15 is 0 Å². The number of fused-ring (bicyclic) bond motifs is 2. The van der Waals surface area contributed by atoms with E-state index in [4.69, 9.17) is 20.4 Å². The number of nitrogens with zero attached hydrogens (tertiary/aromatic N) is 3. The molecule has 3 aromatic carbocycles. The number of hydrogen-bond donors (Lipinski definition) is 2. The van der Waals surface area contributed by atoms with Crippen LogP contribution in [0.15, 0.2) is 69.9 Å². The number of aromatic nitrogens is 2. The Bertz CT molecular complexity index is 2200. The molecule has 2 unspecified atom stereocenters. The lowest BCUT2D eigenvalue weighted by Gasteiger charge is -2.26. The number of halogens is 2. The molecule has 0 saturated carbocycles. The van der Waals surface area contributed by atoms with E-state index in [2.05, 4.69) is 5.32 Å². The largest absolute Gasteiger partial charge is 0.420 e. The minimum Gasteiger partial charge on any atom is -0.408 e. The van der Waals surface area contributed by atoms with Crippen LogP contribution in [0.4, 0.5) is 8.78 Å². The summed E-state index contributed by atoms with van der Waals surface area (Å²) in [4.78, 5) is 44.9. The van der Waals surface area contributed by atoms with Crippen LogP contribution in [0.3, 0.4) is 0 Å². The van der Waals surface area contributed by atoms with E-state index in [-0.39, 0.29) is 45.1 Å². The van der Waals surface area contributed by atoms with Crippen LogP contribution < -0.4 is 16.8 Å². The highest BCUT2D eigenvalue weighted by Gasteiger charge is 2.44. The van der Waals surface area contributed by atoms with Crippen molar-refractivity contribution in [2.45, 2.75) is 52.1 Å². The molecule has 5 aromatic rings.